The van der Waals surface area contributed by atoms with Crippen LogP contribution in [0.15, 0.2) is 0 Å². The smallest absolute Gasteiger partial charge is 0.462 e. The molecule has 588 valence electrons. The minimum Gasteiger partial charge on any atom is -0.462 e. The van der Waals surface area contributed by atoms with E-state index in [0.29, 0.717) is 25.7 Å². The maximum atomic E-state index is 13.1. The Morgan fingerprint density at radius 1 is 0.293 bits per heavy atom. The summed E-state index contributed by atoms with van der Waals surface area (Å²) < 4.78 is 68.7. The van der Waals surface area contributed by atoms with Gasteiger partial charge >= 0.3 is 39.5 Å². The second-order valence-electron chi connectivity index (χ2n) is 30.0. The Bertz CT molecular complexity index is 1920. The molecule has 0 heterocycles. The van der Waals surface area contributed by atoms with Crippen LogP contribution in [0.1, 0.15) is 414 Å². The lowest BCUT2D eigenvalue weighted by atomic mass is 9.99. The highest BCUT2D eigenvalue weighted by Crippen LogP contribution is 2.45. The fraction of sp³-hybridized carbons (Fsp3) is 0.950. The molecule has 17 nitrogen and oxygen atoms in total. The number of hydrogen-bond donors (Lipinski definition) is 3. The molecule has 0 spiro atoms. The molecule has 0 bridgehead atoms. The number of esters is 4. The number of phosphoric ester groups is 2. The maximum absolute atomic E-state index is 13.1. The minimum atomic E-state index is -4.96. The van der Waals surface area contributed by atoms with Crippen LogP contribution in [0.5, 0.6) is 0 Å². The van der Waals surface area contributed by atoms with Crippen molar-refractivity contribution in [1.29, 1.82) is 0 Å². The van der Waals surface area contributed by atoms with Gasteiger partial charge in [0.2, 0.25) is 0 Å². The van der Waals surface area contributed by atoms with Crippen molar-refractivity contribution in [2.45, 2.75) is 433 Å². The van der Waals surface area contributed by atoms with Crippen molar-refractivity contribution in [3.63, 3.8) is 0 Å². The summed E-state index contributed by atoms with van der Waals surface area (Å²) in [4.78, 5) is 73.0. The highest BCUT2D eigenvalue weighted by Gasteiger charge is 2.30. The Kier molecular flexibility index (Phi) is 69.0. The van der Waals surface area contributed by atoms with Gasteiger partial charge in [-0.05, 0) is 43.4 Å². The van der Waals surface area contributed by atoms with E-state index in [9.17, 15) is 43.2 Å². The summed E-state index contributed by atoms with van der Waals surface area (Å²) in [5, 5.41) is 10.6. The van der Waals surface area contributed by atoms with Gasteiger partial charge in [0, 0.05) is 25.7 Å². The van der Waals surface area contributed by atoms with Crippen molar-refractivity contribution in [2.24, 2.45) is 17.8 Å². The van der Waals surface area contributed by atoms with E-state index in [1.54, 1.807) is 0 Å². The van der Waals surface area contributed by atoms with E-state index in [1.165, 1.54) is 225 Å². The Morgan fingerprint density at radius 3 is 0.768 bits per heavy atom. The number of unbranched alkanes of at least 4 members (excludes halogenated alkanes) is 45. The molecule has 0 saturated heterocycles. The summed E-state index contributed by atoms with van der Waals surface area (Å²) in [6.45, 7) is 12.0. The summed E-state index contributed by atoms with van der Waals surface area (Å²) in [5.74, 6) is 0.299. The van der Waals surface area contributed by atoms with Crippen LogP contribution in [0.4, 0.5) is 0 Å². The Morgan fingerprint density at radius 2 is 0.515 bits per heavy atom. The van der Waals surface area contributed by atoms with Crippen molar-refractivity contribution in [3.05, 3.63) is 0 Å². The molecule has 19 heteroatoms. The van der Waals surface area contributed by atoms with Crippen LogP contribution in [-0.2, 0) is 65.4 Å². The first kappa shape index (κ1) is 97.1. The molecule has 0 rings (SSSR count). The number of rotatable bonds is 78. The average Bonchev–Trinajstić information content (AvgIpc) is 1.05. The normalized spacial score (nSPS) is 14.3. The van der Waals surface area contributed by atoms with Crippen LogP contribution in [-0.4, -0.2) is 96.7 Å². The van der Waals surface area contributed by atoms with Gasteiger partial charge in [0.1, 0.15) is 19.3 Å². The van der Waals surface area contributed by atoms with Crippen molar-refractivity contribution in [2.75, 3.05) is 39.6 Å². The molecule has 0 radical (unpaired) electrons. The number of ether oxygens (including phenoxy) is 4. The van der Waals surface area contributed by atoms with Crippen LogP contribution in [0.3, 0.4) is 0 Å². The molecule has 3 N–H and O–H groups in total. The number of aliphatic hydroxyl groups is 1. The molecule has 0 fully saturated rings. The summed E-state index contributed by atoms with van der Waals surface area (Å²) in [5.41, 5.74) is 0. The Labute approximate surface area is 607 Å². The molecule has 0 aliphatic carbocycles. The van der Waals surface area contributed by atoms with E-state index in [0.717, 1.165) is 108 Å². The third-order valence-corrected chi connectivity index (χ3v) is 20.9. The highest BCUT2D eigenvalue weighted by molar-refractivity contribution is 7.47. The number of carbonyl (C=O) groups excluding carboxylic acids is 4. The van der Waals surface area contributed by atoms with Gasteiger partial charge in [-0.1, -0.05) is 363 Å². The molecule has 0 amide bonds. The quantitative estimate of drug-likeness (QED) is 0.0222. The van der Waals surface area contributed by atoms with Gasteiger partial charge in [0.25, 0.3) is 0 Å². The van der Waals surface area contributed by atoms with Gasteiger partial charge in [0.15, 0.2) is 12.2 Å². The van der Waals surface area contributed by atoms with Crippen LogP contribution in [0.2, 0.25) is 0 Å². The molecule has 6 atom stereocenters. The second kappa shape index (κ2) is 70.4. The molecule has 0 saturated carbocycles. The van der Waals surface area contributed by atoms with Crippen molar-refractivity contribution >= 4 is 39.5 Å². The first-order valence-corrected chi connectivity index (χ1v) is 44.4. The van der Waals surface area contributed by atoms with Crippen molar-refractivity contribution in [1.82, 2.24) is 0 Å². The predicted octanol–water partition coefficient (Wildman–Crippen LogP) is 23.7. The van der Waals surface area contributed by atoms with Crippen LogP contribution in [0, 0.1) is 17.8 Å². The van der Waals surface area contributed by atoms with E-state index in [-0.39, 0.29) is 25.7 Å². The van der Waals surface area contributed by atoms with E-state index < -0.39 is 97.5 Å². The zero-order valence-corrected chi connectivity index (χ0v) is 66.8. The summed E-state index contributed by atoms with van der Waals surface area (Å²) in [6, 6.07) is 0. The molecule has 0 aromatic carbocycles. The van der Waals surface area contributed by atoms with Gasteiger partial charge in [-0.25, -0.2) is 9.13 Å². The standard InChI is InChI=1S/C80H156O17P2/c1-8-10-11-12-13-14-33-40-47-54-61-77(82)90-67-75(97-80(85)64-57-50-43-36-29-23-25-31-38-45-52-59-72(5)6)69-94-98(86,87)92-65-74(81)66-93-99(88,89)95-70-76(68-91-78(83)62-55-48-41-34-27-21-17-15-19-24-30-37-44-51-58-71(3)4)96-79(84)63-56-49-42-35-28-22-18-16-20-26-32-39-46-53-60-73(7)9-2/h71-76,81H,8-70H2,1-7H3,(H,86,87)(H,88,89)/t73?,74-,75+,76+/m0/s1. The molecule has 99 heavy (non-hydrogen) atoms. The van der Waals surface area contributed by atoms with Crippen LogP contribution < -0.4 is 0 Å². The Balaban J connectivity index is 5.25. The largest absolute Gasteiger partial charge is 0.472 e. The zero-order valence-electron chi connectivity index (χ0n) is 65.0. The number of hydrogen-bond acceptors (Lipinski definition) is 15. The molecule has 0 aliphatic heterocycles. The number of carbonyl (C=O) groups is 4. The lowest BCUT2D eigenvalue weighted by Crippen LogP contribution is -2.30. The summed E-state index contributed by atoms with van der Waals surface area (Å²) >= 11 is 0. The number of aliphatic hydroxyl groups excluding tert-OH is 1. The van der Waals surface area contributed by atoms with Crippen LogP contribution in [0.25, 0.3) is 0 Å². The van der Waals surface area contributed by atoms with E-state index in [1.807, 2.05) is 0 Å². The molecule has 3 unspecified atom stereocenters. The fourth-order valence-corrected chi connectivity index (χ4v) is 13.9. The van der Waals surface area contributed by atoms with Gasteiger partial charge in [-0.15, -0.1) is 0 Å². The SMILES string of the molecule is CCCCCCCCCCCCC(=O)OC[C@H](COP(=O)(O)OC[C@H](O)COP(=O)(O)OC[C@@H](COC(=O)CCCCCCCCCCCCCCCCC(C)C)OC(=O)CCCCCCCCCCCCCCCCC(C)CC)OC(=O)CCCCCCCCCCCCCC(C)C. The molecule has 0 aromatic heterocycles. The fourth-order valence-electron chi connectivity index (χ4n) is 12.3. The first-order chi connectivity index (χ1) is 47.8. The topological polar surface area (TPSA) is 237 Å². The van der Waals surface area contributed by atoms with Crippen molar-refractivity contribution < 1.29 is 80.2 Å². The minimum absolute atomic E-state index is 0.107. The summed E-state index contributed by atoms with van der Waals surface area (Å²) in [7, 11) is -9.92. The van der Waals surface area contributed by atoms with E-state index in [2.05, 4.69) is 48.5 Å². The molecule has 0 aliphatic rings. The second-order valence-corrected chi connectivity index (χ2v) is 32.9. The third kappa shape index (κ3) is 72.8. The third-order valence-electron chi connectivity index (χ3n) is 19.0. The number of phosphoric acid groups is 2. The average molecular weight is 1450 g/mol. The lowest BCUT2D eigenvalue weighted by Gasteiger charge is -2.21. The molecular formula is C80H156O17P2. The summed E-state index contributed by atoms with van der Waals surface area (Å²) in [6.07, 6.45) is 58.1. The maximum Gasteiger partial charge on any atom is 0.472 e. The molecule has 0 aromatic rings. The molecular weight excluding hydrogens is 1290 g/mol. The predicted molar refractivity (Wildman–Crippen MR) is 405 cm³/mol. The van der Waals surface area contributed by atoms with Gasteiger partial charge in [-0.2, -0.15) is 0 Å². The van der Waals surface area contributed by atoms with Gasteiger partial charge in [0.05, 0.1) is 26.4 Å². The van der Waals surface area contributed by atoms with E-state index in [4.69, 9.17) is 37.0 Å². The highest BCUT2D eigenvalue weighted by atomic mass is 31.2. The lowest BCUT2D eigenvalue weighted by molar-refractivity contribution is -0.161. The monoisotopic (exact) mass is 1450 g/mol. The Hall–Kier alpha value is -1.94. The first-order valence-electron chi connectivity index (χ1n) is 41.4. The van der Waals surface area contributed by atoms with Crippen molar-refractivity contribution in [3.8, 4) is 0 Å². The zero-order chi connectivity index (χ0) is 73.0. The van der Waals surface area contributed by atoms with Gasteiger partial charge < -0.3 is 33.8 Å². The van der Waals surface area contributed by atoms with E-state index >= 15 is 0 Å². The van der Waals surface area contributed by atoms with Crippen LogP contribution >= 0.6 is 15.6 Å². The van der Waals surface area contributed by atoms with Gasteiger partial charge in [-0.3, -0.25) is 37.3 Å².